The summed E-state index contributed by atoms with van der Waals surface area (Å²) in [4.78, 5) is 43.8. The first-order valence-corrected chi connectivity index (χ1v) is 12.9. The van der Waals surface area contributed by atoms with Crippen LogP contribution in [0, 0.1) is 13.8 Å². The van der Waals surface area contributed by atoms with Crippen LogP contribution < -0.4 is 4.90 Å². The molecule has 0 aliphatic carbocycles. The fourth-order valence-corrected chi connectivity index (χ4v) is 5.53. The average molecular weight is 523 g/mol. The van der Waals surface area contributed by atoms with Crippen LogP contribution in [-0.2, 0) is 24.4 Å². The third kappa shape index (κ3) is 4.61. The zero-order valence-corrected chi connectivity index (χ0v) is 23.7. The van der Waals surface area contributed by atoms with Crippen molar-refractivity contribution in [1.82, 2.24) is 4.90 Å². The number of fused-ring (bicyclic) bond motifs is 3. The summed E-state index contributed by atoms with van der Waals surface area (Å²) in [5.41, 5.74) is 1.99. The third-order valence-electron chi connectivity index (χ3n) is 7.13. The molecular weight excluding hydrogens is 484 g/mol. The number of rotatable bonds is 2. The summed E-state index contributed by atoms with van der Waals surface area (Å²) in [7, 11) is 1.30. The maximum absolute atomic E-state index is 13.9. The van der Waals surface area contributed by atoms with Gasteiger partial charge in [0.2, 0.25) is 0 Å². The van der Waals surface area contributed by atoms with Crippen LogP contribution in [-0.4, -0.2) is 53.6 Å². The number of para-hydroxylation sites is 1. The van der Waals surface area contributed by atoms with E-state index in [2.05, 4.69) is 6.07 Å². The highest BCUT2D eigenvalue weighted by atomic mass is 16.6. The van der Waals surface area contributed by atoms with Crippen molar-refractivity contribution < 1.29 is 28.6 Å². The Labute approximate surface area is 224 Å². The van der Waals surface area contributed by atoms with Gasteiger partial charge in [-0.2, -0.15) is 0 Å². The molecule has 0 radical (unpaired) electrons. The molecule has 1 fully saturated rings. The highest BCUT2D eigenvalue weighted by molar-refractivity contribution is 5.96. The second-order valence-corrected chi connectivity index (χ2v) is 12.1. The number of carbonyl (C=O) groups excluding carboxylic acids is 3. The quantitative estimate of drug-likeness (QED) is 0.363. The fourth-order valence-electron chi connectivity index (χ4n) is 5.53. The minimum atomic E-state index is -0.986. The van der Waals surface area contributed by atoms with Gasteiger partial charge in [0.25, 0.3) is 0 Å². The predicted molar refractivity (Wildman–Crippen MR) is 144 cm³/mol. The van der Waals surface area contributed by atoms with E-state index in [0.717, 1.165) is 22.3 Å². The first-order valence-electron chi connectivity index (χ1n) is 12.9. The predicted octanol–water partition coefficient (Wildman–Crippen LogP) is 5.85. The molecule has 8 nitrogen and oxygen atoms in total. The number of amides is 2. The van der Waals surface area contributed by atoms with Crippen LogP contribution in [0.3, 0.4) is 0 Å². The number of hydrogen-bond donors (Lipinski definition) is 0. The Bertz CT molecular complexity index is 1270. The van der Waals surface area contributed by atoms with E-state index in [0.29, 0.717) is 5.69 Å². The molecule has 204 valence electrons. The van der Waals surface area contributed by atoms with E-state index in [9.17, 15) is 14.4 Å². The summed E-state index contributed by atoms with van der Waals surface area (Å²) >= 11 is 0. The molecule has 2 aromatic rings. The fraction of sp³-hybridized carbons (Fsp3) is 0.500. The molecule has 38 heavy (non-hydrogen) atoms. The van der Waals surface area contributed by atoms with E-state index in [-0.39, 0.29) is 6.42 Å². The van der Waals surface area contributed by atoms with Crippen LogP contribution in [0.25, 0.3) is 0 Å². The topological polar surface area (TPSA) is 85.4 Å². The highest BCUT2D eigenvalue weighted by Crippen LogP contribution is 2.58. The summed E-state index contributed by atoms with van der Waals surface area (Å²) < 4.78 is 16.8. The molecular formula is C30H38N2O6. The summed E-state index contributed by atoms with van der Waals surface area (Å²) in [5.74, 6) is -0.574. The Morgan fingerprint density at radius 3 is 2.05 bits per heavy atom. The Morgan fingerprint density at radius 1 is 0.868 bits per heavy atom. The molecule has 0 spiro atoms. The first kappa shape index (κ1) is 27.5. The minimum absolute atomic E-state index is 0.211. The molecule has 4 rings (SSSR count). The molecule has 2 aliphatic heterocycles. The van der Waals surface area contributed by atoms with Crippen LogP contribution >= 0.6 is 0 Å². The molecule has 0 bridgehead atoms. The molecule has 2 aliphatic rings. The number of ether oxygens (including phenoxy) is 3. The maximum atomic E-state index is 13.9. The van der Waals surface area contributed by atoms with Gasteiger partial charge in [-0.25, -0.2) is 14.4 Å². The van der Waals surface area contributed by atoms with Crippen LogP contribution in [0.15, 0.2) is 42.5 Å². The van der Waals surface area contributed by atoms with Gasteiger partial charge >= 0.3 is 18.2 Å². The lowest BCUT2D eigenvalue weighted by atomic mass is 9.72. The molecule has 0 aromatic heterocycles. The average Bonchev–Trinajstić information content (AvgIpc) is 3.29. The lowest BCUT2D eigenvalue weighted by Gasteiger charge is -2.39. The van der Waals surface area contributed by atoms with Gasteiger partial charge in [0.1, 0.15) is 23.4 Å². The van der Waals surface area contributed by atoms with Crippen molar-refractivity contribution >= 4 is 23.8 Å². The third-order valence-corrected chi connectivity index (χ3v) is 7.13. The van der Waals surface area contributed by atoms with E-state index in [1.165, 1.54) is 16.9 Å². The molecule has 0 N–H and O–H groups in total. The van der Waals surface area contributed by atoms with Crippen LogP contribution in [0.5, 0.6) is 0 Å². The second kappa shape index (κ2) is 9.33. The number of likely N-dealkylation sites (tertiary alicyclic amines) is 1. The number of esters is 1. The number of carbonyl (C=O) groups is 3. The van der Waals surface area contributed by atoms with Gasteiger partial charge in [-0.05, 0) is 90.1 Å². The Kier molecular flexibility index (Phi) is 6.75. The molecule has 0 unspecified atom stereocenters. The van der Waals surface area contributed by atoms with Gasteiger partial charge in [0.05, 0.1) is 18.2 Å². The Balaban J connectivity index is 2.03. The number of benzene rings is 2. The molecule has 2 aromatic carbocycles. The van der Waals surface area contributed by atoms with Crippen molar-refractivity contribution in [3.63, 3.8) is 0 Å². The largest absolute Gasteiger partial charge is 0.467 e. The Hall–Kier alpha value is -3.55. The van der Waals surface area contributed by atoms with Gasteiger partial charge in [-0.3, -0.25) is 9.80 Å². The standard InChI is InChI=1S/C30H38N2O6/c1-18-14-15-20(16-19(18)2)30-17-23(24(33)36-9)32(27(35)38-29(6,7)8)25(30)31(26(34)37-28(3,4)5)22-13-11-10-12-21(22)30/h10-16,23,25H,17H2,1-9H3/t23-,25-,30+/m0/s1. The van der Waals surface area contributed by atoms with Crippen LogP contribution in [0.1, 0.15) is 70.2 Å². The van der Waals surface area contributed by atoms with E-state index < -0.39 is 47.0 Å². The van der Waals surface area contributed by atoms with Crippen molar-refractivity contribution in [2.75, 3.05) is 12.0 Å². The number of methoxy groups -OCH3 is 1. The molecule has 2 heterocycles. The monoisotopic (exact) mass is 522 g/mol. The number of hydrogen-bond acceptors (Lipinski definition) is 6. The lowest BCUT2D eigenvalue weighted by Crippen LogP contribution is -2.58. The molecule has 8 heteroatoms. The van der Waals surface area contributed by atoms with Crippen molar-refractivity contribution in [3.8, 4) is 0 Å². The Morgan fingerprint density at radius 2 is 1.47 bits per heavy atom. The summed E-state index contributed by atoms with van der Waals surface area (Å²) in [5, 5.41) is 0. The van der Waals surface area contributed by atoms with Crippen LogP contribution in [0.4, 0.5) is 15.3 Å². The molecule has 2 amide bonds. The molecule has 0 saturated carbocycles. The molecule has 1 saturated heterocycles. The minimum Gasteiger partial charge on any atom is -0.467 e. The first-order chi connectivity index (χ1) is 17.6. The van der Waals surface area contributed by atoms with Gasteiger partial charge in [0.15, 0.2) is 0 Å². The van der Waals surface area contributed by atoms with E-state index in [4.69, 9.17) is 14.2 Å². The lowest BCUT2D eigenvalue weighted by molar-refractivity contribution is -0.146. The van der Waals surface area contributed by atoms with E-state index >= 15 is 0 Å². The van der Waals surface area contributed by atoms with Crippen molar-refractivity contribution in [1.29, 1.82) is 0 Å². The maximum Gasteiger partial charge on any atom is 0.416 e. The zero-order valence-electron chi connectivity index (χ0n) is 23.7. The zero-order chi connectivity index (χ0) is 28.2. The van der Waals surface area contributed by atoms with E-state index in [1.54, 1.807) is 41.5 Å². The number of anilines is 1. The second-order valence-electron chi connectivity index (χ2n) is 12.1. The van der Waals surface area contributed by atoms with Gasteiger partial charge in [-0.15, -0.1) is 0 Å². The molecule has 3 atom stereocenters. The smallest absolute Gasteiger partial charge is 0.416 e. The van der Waals surface area contributed by atoms with Crippen molar-refractivity contribution in [3.05, 3.63) is 64.7 Å². The highest BCUT2D eigenvalue weighted by Gasteiger charge is 2.66. The van der Waals surface area contributed by atoms with Gasteiger partial charge in [-0.1, -0.05) is 36.4 Å². The van der Waals surface area contributed by atoms with Crippen LogP contribution in [0.2, 0.25) is 0 Å². The number of aryl methyl sites for hydroxylation is 2. The van der Waals surface area contributed by atoms with Crippen molar-refractivity contribution in [2.45, 2.75) is 90.6 Å². The van der Waals surface area contributed by atoms with Crippen molar-refractivity contribution in [2.24, 2.45) is 0 Å². The summed E-state index contributed by atoms with van der Waals surface area (Å²) in [6.07, 6.45) is -2.02. The van der Waals surface area contributed by atoms with Gasteiger partial charge < -0.3 is 14.2 Å². The normalized spacial score (nSPS) is 22.6. The summed E-state index contributed by atoms with van der Waals surface area (Å²) in [6.45, 7) is 14.7. The van der Waals surface area contributed by atoms with Gasteiger partial charge in [0, 0.05) is 0 Å². The van der Waals surface area contributed by atoms with E-state index in [1.807, 2.05) is 50.2 Å². The summed E-state index contributed by atoms with van der Waals surface area (Å²) in [6, 6.07) is 12.7. The SMILES string of the molecule is COC(=O)[C@@H]1C[C@@]2(c3ccc(C)c(C)c3)c3ccccc3N(C(=O)OC(C)(C)C)[C@H]2N1C(=O)OC(C)(C)C. The number of nitrogens with zero attached hydrogens (tertiary/aromatic N) is 2.